The molecule has 1 heterocycles. The monoisotopic (exact) mass is 495 g/mol. The van der Waals surface area contributed by atoms with Gasteiger partial charge in [0.2, 0.25) is 0 Å². The first-order chi connectivity index (χ1) is 18.0. The lowest BCUT2D eigenvalue weighted by molar-refractivity contribution is -0.132. The molecule has 7 nitrogen and oxygen atoms in total. The Morgan fingerprint density at radius 2 is 1.49 bits per heavy atom. The molecule has 0 spiro atoms. The van der Waals surface area contributed by atoms with Crippen LogP contribution < -0.4 is 19.1 Å². The number of rotatable bonds is 6. The molecule has 1 aliphatic rings. The number of amides is 1. The van der Waals surface area contributed by atoms with E-state index in [1.165, 1.54) is 26.2 Å². The number of Topliss-reactive ketones (excluding diaryl/α,β-unsaturated/α-hetero) is 1. The van der Waals surface area contributed by atoms with E-state index in [4.69, 9.17) is 14.2 Å². The molecule has 4 aromatic rings. The van der Waals surface area contributed by atoms with Gasteiger partial charge >= 0.3 is 0 Å². The molecule has 1 unspecified atom stereocenters. The predicted octanol–water partition coefficient (Wildman–Crippen LogP) is 5.49. The number of aliphatic hydroxyl groups excluding tert-OH is 1. The predicted molar refractivity (Wildman–Crippen MR) is 141 cm³/mol. The fourth-order valence-corrected chi connectivity index (χ4v) is 4.79. The van der Waals surface area contributed by atoms with Crippen molar-refractivity contribution in [2.75, 3.05) is 26.2 Å². The van der Waals surface area contributed by atoms with E-state index in [2.05, 4.69) is 0 Å². The average molecular weight is 496 g/mol. The maximum atomic E-state index is 13.6. The number of anilines is 1. The Bertz CT molecular complexity index is 1550. The molecule has 37 heavy (non-hydrogen) atoms. The SMILES string of the molecule is COc1cccc(N2C(=O)C(=O)/C(=C(/O)c3cc(OC)ccc3OC)C2c2cccc3ccccc23)c1. The summed E-state index contributed by atoms with van der Waals surface area (Å²) in [4.78, 5) is 28.6. The first-order valence-electron chi connectivity index (χ1n) is 11.6. The molecule has 4 aromatic carbocycles. The fraction of sp³-hybridized carbons (Fsp3) is 0.133. The highest BCUT2D eigenvalue weighted by Crippen LogP contribution is 2.45. The number of aliphatic hydroxyl groups is 1. The Balaban J connectivity index is 1.83. The van der Waals surface area contributed by atoms with Crippen molar-refractivity contribution in [1.82, 2.24) is 0 Å². The quantitative estimate of drug-likeness (QED) is 0.216. The standard InChI is InChI=1S/C30H25NO6/c1-35-20-11-7-10-19(16-20)31-27(23-13-6-9-18-8-4-5-12-22(18)23)26(29(33)30(31)34)28(32)24-17-21(36-2)14-15-25(24)37-3/h4-17,27,32H,1-3H3/b28-26+. The van der Waals surface area contributed by atoms with Gasteiger partial charge in [0.05, 0.1) is 38.5 Å². The first-order valence-corrected chi connectivity index (χ1v) is 11.6. The number of nitrogens with zero attached hydrogens (tertiary/aromatic N) is 1. The third kappa shape index (κ3) is 4.04. The number of fused-ring (bicyclic) bond motifs is 1. The summed E-state index contributed by atoms with van der Waals surface area (Å²) in [7, 11) is 4.50. The van der Waals surface area contributed by atoms with E-state index in [0.29, 0.717) is 28.5 Å². The van der Waals surface area contributed by atoms with Gasteiger partial charge in [-0.05, 0) is 46.7 Å². The Morgan fingerprint density at radius 3 is 2.24 bits per heavy atom. The molecular weight excluding hydrogens is 470 g/mol. The summed E-state index contributed by atoms with van der Waals surface area (Å²) in [6.45, 7) is 0. The molecule has 1 atom stereocenters. The Morgan fingerprint density at radius 1 is 0.784 bits per heavy atom. The minimum Gasteiger partial charge on any atom is -0.507 e. The van der Waals surface area contributed by atoms with Crippen LogP contribution in [0.25, 0.3) is 16.5 Å². The van der Waals surface area contributed by atoms with Gasteiger partial charge < -0.3 is 19.3 Å². The lowest BCUT2D eigenvalue weighted by atomic mass is 9.91. The highest BCUT2D eigenvalue weighted by molar-refractivity contribution is 6.52. The summed E-state index contributed by atoms with van der Waals surface area (Å²) in [6, 6.07) is 24.3. The maximum absolute atomic E-state index is 13.6. The Kier molecular flexibility index (Phi) is 6.27. The molecule has 1 N–H and O–H groups in total. The molecular formula is C30H25NO6. The fourth-order valence-electron chi connectivity index (χ4n) is 4.79. The van der Waals surface area contributed by atoms with E-state index >= 15 is 0 Å². The molecule has 7 heteroatoms. The number of benzene rings is 4. The van der Waals surface area contributed by atoms with E-state index in [0.717, 1.165) is 10.8 Å². The van der Waals surface area contributed by atoms with Gasteiger partial charge in [0.15, 0.2) is 0 Å². The van der Waals surface area contributed by atoms with Crippen LogP contribution >= 0.6 is 0 Å². The van der Waals surface area contributed by atoms with Crippen molar-refractivity contribution in [3.63, 3.8) is 0 Å². The van der Waals surface area contributed by atoms with Crippen LogP contribution in [-0.4, -0.2) is 38.1 Å². The Labute approximate surface area is 214 Å². The van der Waals surface area contributed by atoms with Gasteiger partial charge in [-0.3, -0.25) is 14.5 Å². The number of ketones is 1. The summed E-state index contributed by atoms with van der Waals surface area (Å²) < 4.78 is 16.2. The van der Waals surface area contributed by atoms with E-state index in [1.54, 1.807) is 42.5 Å². The van der Waals surface area contributed by atoms with Crippen LogP contribution in [0.3, 0.4) is 0 Å². The van der Waals surface area contributed by atoms with Gasteiger partial charge in [0.1, 0.15) is 23.0 Å². The zero-order valence-electron chi connectivity index (χ0n) is 20.6. The van der Waals surface area contributed by atoms with E-state index in [1.807, 2.05) is 42.5 Å². The number of methoxy groups -OCH3 is 3. The van der Waals surface area contributed by atoms with Crippen molar-refractivity contribution in [2.24, 2.45) is 0 Å². The third-order valence-electron chi connectivity index (χ3n) is 6.56. The molecule has 1 aliphatic heterocycles. The average Bonchev–Trinajstić information content (AvgIpc) is 3.21. The van der Waals surface area contributed by atoms with Gasteiger partial charge in [-0.25, -0.2) is 0 Å². The van der Waals surface area contributed by atoms with Crippen molar-refractivity contribution < 1.29 is 28.9 Å². The molecule has 0 aromatic heterocycles. The third-order valence-corrected chi connectivity index (χ3v) is 6.56. The molecule has 0 saturated carbocycles. The summed E-state index contributed by atoms with van der Waals surface area (Å²) in [5.74, 6) is -0.575. The molecule has 1 fully saturated rings. The molecule has 1 saturated heterocycles. The molecule has 0 radical (unpaired) electrons. The normalized spacial score (nSPS) is 16.7. The second-order valence-corrected chi connectivity index (χ2v) is 8.51. The largest absolute Gasteiger partial charge is 0.507 e. The van der Waals surface area contributed by atoms with Crippen LogP contribution in [0.1, 0.15) is 17.2 Å². The maximum Gasteiger partial charge on any atom is 0.300 e. The van der Waals surface area contributed by atoms with Crippen LogP contribution in [-0.2, 0) is 9.59 Å². The minimum atomic E-state index is -0.908. The highest BCUT2D eigenvalue weighted by Gasteiger charge is 2.47. The van der Waals surface area contributed by atoms with E-state index < -0.39 is 17.7 Å². The number of hydrogen-bond acceptors (Lipinski definition) is 6. The van der Waals surface area contributed by atoms with Crippen molar-refractivity contribution in [3.8, 4) is 17.2 Å². The second kappa shape index (κ2) is 9.70. The van der Waals surface area contributed by atoms with Crippen LogP contribution in [0.4, 0.5) is 5.69 Å². The Hall–Kier alpha value is -4.78. The van der Waals surface area contributed by atoms with Crippen LogP contribution in [0.15, 0.2) is 90.5 Å². The van der Waals surface area contributed by atoms with Crippen LogP contribution in [0, 0.1) is 0 Å². The van der Waals surface area contributed by atoms with Crippen molar-refractivity contribution in [3.05, 3.63) is 102 Å². The van der Waals surface area contributed by atoms with Crippen LogP contribution in [0.2, 0.25) is 0 Å². The minimum absolute atomic E-state index is 0.0456. The van der Waals surface area contributed by atoms with Crippen molar-refractivity contribution >= 4 is 33.9 Å². The summed E-state index contributed by atoms with van der Waals surface area (Å²) in [6.07, 6.45) is 0. The summed E-state index contributed by atoms with van der Waals surface area (Å²) in [5, 5.41) is 13.4. The van der Waals surface area contributed by atoms with Gasteiger partial charge in [-0.1, -0.05) is 48.5 Å². The molecule has 5 rings (SSSR count). The molecule has 1 amide bonds. The number of carbonyl (C=O) groups excluding carboxylic acids is 2. The molecule has 0 bridgehead atoms. The first kappa shape index (κ1) is 23.9. The zero-order chi connectivity index (χ0) is 26.1. The van der Waals surface area contributed by atoms with E-state index in [-0.39, 0.29) is 16.9 Å². The number of hydrogen-bond donors (Lipinski definition) is 1. The highest BCUT2D eigenvalue weighted by atomic mass is 16.5. The smallest absolute Gasteiger partial charge is 0.300 e. The summed E-state index contributed by atoms with van der Waals surface area (Å²) in [5.41, 5.74) is 1.37. The number of carbonyl (C=O) groups is 2. The summed E-state index contributed by atoms with van der Waals surface area (Å²) >= 11 is 0. The van der Waals surface area contributed by atoms with Crippen LogP contribution in [0.5, 0.6) is 17.2 Å². The van der Waals surface area contributed by atoms with Gasteiger partial charge in [-0.15, -0.1) is 0 Å². The van der Waals surface area contributed by atoms with Gasteiger partial charge in [0, 0.05) is 11.8 Å². The lowest BCUT2D eigenvalue weighted by Crippen LogP contribution is -2.29. The van der Waals surface area contributed by atoms with Gasteiger partial charge in [-0.2, -0.15) is 0 Å². The second-order valence-electron chi connectivity index (χ2n) is 8.51. The van der Waals surface area contributed by atoms with E-state index in [9.17, 15) is 14.7 Å². The topological polar surface area (TPSA) is 85.3 Å². The number of ether oxygens (including phenoxy) is 3. The molecule has 0 aliphatic carbocycles. The zero-order valence-corrected chi connectivity index (χ0v) is 20.6. The van der Waals surface area contributed by atoms with Crippen molar-refractivity contribution in [2.45, 2.75) is 6.04 Å². The molecule has 186 valence electrons. The lowest BCUT2D eigenvalue weighted by Gasteiger charge is -2.27. The van der Waals surface area contributed by atoms with Gasteiger partial charge in [0.25, 0.3) is 11.7 Å². The van der Waals surface area contributed by atoms with Crippen molar-refractivity contribution in [1.29, 1.82) is 0 Å².